The second-order valence-corrected chi connectivity index (χ2v) is 6.21. The van der Waals surface area contributed by atoms with Gasteiger partial charge in [0.25, 0.3) is 0 Å². The normalized spacial score (nSPS) is 11.1. The van der Waals surface area contributed by atoms with Gasteiger partial charge in [-0.25, -0.2) is 0 Å². The van der Waals surface area contributed by atoms with Crippen LogP contribution in [0.5, 0.6) is 5.75 Å². The molecule has 0 radical (unpaired) electrons. The average molecular weight is 384 g/mol. The van der Waals surface area contributed by atoms with E-state index in [1.54, 1.807) is 49.4 Å². The summed E-state index contributed by atoms with van der Waals surface area (Å²) < 4.78 is 5.31. The Hall–Kier alpha value is -3.55. The van der Waals surface area contributed by atoms with E-state index in [2.05, 4.69) is 21.3 Å². The zero-order chi connectivity index (χ0) is 20.7. The molecule has 0 bridgehead atoms. The summed E-state index contributed by atoms with van der Waals surface area (Å²) in [7, 11) is 1.53. The van der Waals surface area contributed by atoms with Gasteiger partial charge < -0.3 is 26.0 Å². The molecule has 1 atom stereocenters. The van der Waals surface area contributed by atoms with E-state index >= 15 is 0 Å². The Balaban J connectivity index is 2.05. The first-order valence-corrected chi connectivity index (χ1v) is 8.69. The van der Waals surface area contributed by atoms with Crippen LogP contribution in [-0.4, -0.2) is 30.9 Å². The maximum absolute atomic E-state index is 12.5. The van der Waals surface area contributed by atoms with Gasteiger partial charge in [0.1, 0.15) is 11.8 Å². The third-order valence-corrected chi connectivity index (χ3v) is 3.76. The SMILES string of the molecule is COc1ccc(NC(C)=O)cc1NC(C)C(=O)Nc1ccc(NC(C)=O)cc1. The standard InChI is InChI=1S/C20H24N4O4/c1-12(20(27)24-16-7-5-15(6-8-16)22-13(2)25)21-18-11-17(23-14(3)26)9-10-19(18)28-4/h5-12,21H,1-4H3,(H,22,25)(H,23,26)(H,24,27). The largest absolute Gasteiger partial charge is 0.495 e. The lowest BCUT2D eigenvalue weighted by molar-refractivity contribution is -0.117. The number of carbonyl (C=O) groups is 3. The Morgan fingerprint density at radius 3 is 1.86 bits per heavy atom. The van der Waals surface area contributed by atoms with E-state index in [9.17, 15) is 14.4 Å². The highest BCUT2D eigenvalue weighted by Gasteiger charge is 2.15. The van der Waals surface area contributed by atoms with Crippen LogP contribution >= 0.6 is 0 Å². The van der Waals surface area contributed by atoms with Crippen LogP contribution in [0.1, 0.15) is 20.8 Å². The van der Waals surface area contributed by atoms with Crippen LogP contribution in [0.3, 0.4) is 0 Å². The summed E-state index contributed by atoms with van der Waals surface area (Å²) in [6.07, 6.45) is 0. The smallest absolute Gasteiger partial charge is 0.246 e. The van der Waals surface area contributed by atoms with Crippen LogP contribution in [0.4, 0.5) is 22.7 Å². The molecular formula is C20H24N4O4. The second kappa shape index (κ2) is 9.40. The van der Waals surface area contributed by atoms with Crippen molar-refractivity contribution in [3.63, 3.8) is 0 Å². The highest BCUT2D eigenvalue weighted by atomic mass is 16.5. The van der Waals surface area contributed by atoms with Crippen molar-refractivity contribution in [3.8, 4) is 5.75 Å². The zero-order valence-electron chi connectivity index (χ0n) is 16.3. The fourth-order valence-electron chi connectivity index (χ4n) is 2.49. The van der Waals surface area contributed by atoms with Crippen LogP contribution in [0.25, 0.3) is 0 Å². The third kappa shape index (κ3) is 6.01. The van der Waals surface area contributed by atoms with Gasteiger partial charge in [-0.3, -0.25) is 14.4 Å². The fraction of sp³-hybridized carbons (Fsp3) is 0.250. The summed E-state index contributed by atoms with van der Waals surface area (Å²) in [5.41, 5.74) is 2.43. The van der Waals surface area contributed by atoms with Gasteiger partial charge in [0.15, 0.2) is 0 Å². The number of nitrogens with one attached hydrogen (secondary N) is 4. The van der Waals surface area contributed by atoms with Gasteiger partial charge >= 0.3 is 0 Å². The molecule has 148 valence electrons. The van der Waals surface area contributed by atoms with Crippen molar-refractivity contribution < 1.29 is 19.1 Å². The lowest BCUT2D eigenvalue weighted by Gasteiger charge is -2.18. The van der Waals surface area contributed by atoms with E-state index in [1.807, 2.05) is 0 Å². The third-order valence-electron chi connectivity index (χ3n) is 3.76. The van der Waals surface area contributed by atoms with E-state index in [0.29, 0.717) is 28.5 Å². The lowest BCUT2D eigenvalue weighted by Crippen LogP contribution is -2.32. The first kappa shape index (κ1) is 20.8. The summed E-state index contributed by atoms with van der Waals surface area (Å²) in [6.45, 7) is 4.56. The predicted octanol–water partition coefficient (Wildman–Crippen LogP) is 3.05. The highest BCUT2D eigenvalue weighted by Crippen LogP contribution is 2.28. The number of anilines is 4. The summed E-state index contributed by atoms with van der Waals surface area (Å²) in [5, 5.41) is 11.2. The van der Waals surface area contributed by atoms with Crippen molar-refractivity contribution in [2.75, 3.05) is 28.4 Å². The Morgan fingerprint density at radius 1 is 0.821 bits per heavy atom. The number of hydrogen-bond acceptors (Lipinski definition) is 5. The lowest BCUT2D eigenvalue weighted by atomic mass is 10.2. The molecule has 0 spiro atoms. The molecule has 1 unspecified atom stereocenters. The van der Waals surface area contributed by atoms with E-state index in [1.165, 1.54) is 21.0 Å². The van der Waals surface area contributed by atoms with Crippen molar-refractivity contribution >= 4 is 40.5 Å². The predicted molar refractivity (Wildman–Crippen MR) is 110 cm³/mol. The van der Waals surface area contributed by atoms with Crippen molar-refractivity contribution in [2.45, 2.75) is 26.8 Å². The van der Waals surface area contributed by atoms with E-state index < -0.39 is 6.04 Å². The molecule has 2 rings (SSSR count). The van der Waals surface area contributed by atoms with E-state index in [-0.39, 0.29) is 17.7 Å². The van der Waals surface area contributed by atoms with Crippen molar-refractivity contribution in [1.82, 2.24) is 0 Å². The van der Waals surface area contributed by atoms with Gasteiger partial charge in [0, 0.05) is 30.9 Å². The molecule has 3 amide bonds. The van der Waals surface area contributed by atoms with Crippen LogP contribution in [0.15, 0.2) is 42.5 Å². The molecule has 28 heavy (non-hydrogen) atoms. The molecule has 0 aliphatic carbocycles. The van der Waals surface area contributed by atoms with E-state index in [0.717, 1.165) is 0 Å². The van der Waals surface area contributed by atoms with Crippen LogP contribution < -0.4 is 26.0 Å². The van der Waals surface area contributed by atoms with Gasteiger partial charge in [0.05, 0.1) is 12.8 Å². The molecule has 4 N–H and O–H groups in total. The van der Waals surface area contributed by atoms with Gasteiger partial charge in [-0.05, 0) is 49.4 Å². The minimum absolute atomic E-state index is 0.162. The van der Waals surface area contributed by atoms with Gasteiger partial charge in [-0.2, -0.15) is 0 Å². The number of ether oxygens (including phenoxy) is 1. The Morgan fingerprint density at radius 2 is 1.32 bits per heavy atom. The molecule has 0 aromatic heterocycles. The first-order valence-electron chi connectivity index (χ1n) is 8.69. The van der Waals surface area contributed by atoms with Crippen LogP contribution in [0.2, 0.25) is 0 Å². The summed E-state index contributed by atoms with van der Waals surface area (Å²) in [5.74, 6) is -0.0534. The number of rotatable bonds is 7. The van der Waals surface area contributed by atoms with Crippen molar-refractivity contribution in [3.05, 3.63) is 42.5 Å². The van der Waals surface area contributed by atoms with Crippen LogP contribution in [0, 0.1) is 0 Å². The maximum Gasteiger partial charge on any atom is 0.246 e. The Bertz CT molecular complexity index is 865. The quantitative estimate of drug-likeness (QED) is 0.587. The van der Waals surface area contributed by atoms with E-state index in [4.69, 9.17) is 4.74 Å². The molecule has 0 aliphatic rings. The molecule has 2 aromatic rings. The molecule has 0 fully saturated rings. The number of benzene rings is 2. The molecule has 0 saturated carbocycles. The molecule has 2 aromatic carbocycles. The van der Waals surface area contributed by atoms with Gasteiger partial charge in [-0.15, -0.1) is 0 Å². The zero-order valence-corrected chi connectivity index (χ0v) is 16.3. The topological polar surface area (TPSA) is 109 Å². The number of hydrogen-bond donors (Lipinski definition) is 4. The summed E-state index contributed by atoms with van der Waals surface area (Å²) in [6, 6.07) is 11.4. The molecule has 0 heterocycles. The molecule has 0 saturated heterocycles. The number of methoxy groups -OCH3 is 1. The van der Waals surface area contributed by atoms with Crippen molar-refractivity contribution in [1.29, 1.82) is 0 Å². The minimum Gasteiger partial charge on any atom is -0.495 e. The molecule has 0 aliphatic heterocycles. The number of carbonyl (C=O) groups excluding carboxylic acids is 3. The minimum atomic E-state index is -0.573. The van der Waals surface area contributed by atoms with Gasteiger partial charge in [-0.1, -0.05) is 0 Å². The Kier molecular flexibility index (Phi) is 6.97. The number of amides is 3. The molecular weight excluding hydrogens is 360 g/mol. The first-order chi connectivity index (χ1) is 13.3. The summed E-state index contributed by atoms with van der Waals surface area (Å²) >= 11 is 0. The van der Waals surface area contributed by atoms with Crippen LogP contribution in [-0.2, 0) is 14.4 Å². The monoisotopic (exact) mass is 384 g/mol. The van der Waals surface area contributed by atoms with Crippen molar-refractivity contribution in [2.24, 2.45) is 0 Å². The average Bonchev–Trinajstić information content (AvgIpc) is 2.62. The van der Waals surface area contributed by atoms with Gasteiger partial charge in [0.2, 0.25) is 17.7 Å². The highest BCUT2D eigenvalue weighted by molar-refractivity contribution is 5.97. The fourth-order valence-corrected chi connectivity index (χ4v) is 2.49. The Labute approximate surface area is 163 Å². The molecule has 8 heteroatoms. The molecule has 8 nitrogen and oxygen atoms in total. The maximum atomic E-state index is 12.5. The second-order valence-electron chi connectivity index (χ2n) is 6.21. The summed E-state index contributed by atoms with van der Waals surface area (Å²) in [4.78, 5) is 34.8.